The third kappa shape index (κ3) is 2.76. The summed E-state index contributed by atoms with van der Waals surface area (Å²) in [5, 5.41) is 13.4. The molecule has 1 aromatic rings. The van der Waals surface area contributed by atoms with E-state index in [-0.39, 0.29) is 12.1 Å². The van der Waals surface area contributed by atoms with Crippen LogP contribution in [0.25, 0.3) is 0 Å². The topological polar surface area (TPSA) is 32.3 Å². The van der Waals surface area contributed by atoms with Gasteiger partial charge in [-0.15, -0.1) is 0 Å². The smallest absolute Gasteiger partial charge is 0.0741 e. The van der Waals surface area contributed by atoms with E-state index in [0.717, 1.165) is 24.9 Å². The molecule has 0 bridgehead atoms. The number of aliphatic hydroxyl groups is 1. The largest absolute Gasteiger partial charge is 0.391 e. The van der Waals surface area contributed by atoms with Gasteiger partial charge in [0.1, 0.15) is 0 Å². The van der Waals surface area contributed by atoms with Gasteiger partial charge in [-0.05, 0) is 49.9 Å². The standard InChI is InChI=1S/C14H21NO/c1-10-7-11(2)9-12(8-10)15-13-5-3-4-6-14(13)16/h7-9,13-16H,3-6H2,1-2H3/t13-,14-/m1/s1. The molecule has 2 nitrogen and oxygen atoms in total. The van der Waals surface area contributed by atoms with E-state index in [2.05, 4.69) is 37.4 Å². The third-order valence-electron chi connectivity index (χ3n) is 3.30. The Morgan fingerprint density at radius 1 is 1.06 bits per heavy atom. The molecule has 1 aliphatic rings. The molecule has 0 heterocycles. The van der Waals surface area contributed by atoms with Gasteiger partial charge in [-0.3, -0.25) is 0 Å². The van der Waals surface area contributed by atoms with Crippen molar-refractivity contribution in [1.82, 2.24) is 0 Å². The van der Waals surface area contributed by atoms with Crippen molar-refractivity contribution >= 4 is 5.69 Å². The summed E-state index contributed by atoms with van der Waals surface area (Å²) >= 11 is 0. The summed E-state index contributed by atoms with van der Waals surface area (Å²) in [6, 6.07) is 6.69. The highest BCUT2D eigenvalue weighted by Gasteiger charge is 2.22. The second-order valence-electron chi connectivity index (χ2n) is 4.98. The lowest BCUT2D eigenvalue weighted by Gasteiger charge is -2.29. The van der Waals surface area contributed by atoms with Crippen molar-refractivity contribution in [3.05, 3.63) is 29.3 Å². The van der Waals surface area contributed by atoms with E-state index in [0.29, 0.717) is 0 Å². The molecule has 1 saturated carbocycles. The zero-order valence-corrected chi connectivity index (χ0v) is 10.2. The normalized spacial score (nSPS) is 25.4. The number of hydrogen-bond donors (Lipinski definition) is 2. The maximum Gasteiger partial charge on any atom is 0.0741 e. The summed E-state index contributed by atoms with van der Waals surface area (Å²) in [6.45, 7) is 4.21. The van der Waals surface area contributed by atoms with Crippen LogP contribution in [-0.2, 0) is 0 Å². The van der Waals surface area contributed by atoms with Gasteiger partial charge in [0.2, 0.25) is 0 Å². The predicted octanol–water partition coefficient (Wildman–Crippen LogP) is 3.02. The van der Waals surface area contributed by atoms with Crippen LogP contribution in [0.3, 0.4) is 0 Å². The van der Waals surface area contributed by atoms with E-state index >= 15 is 0 Å². The first kappa shape index (κ1) is 11.5. The van der Waals surface area contributed by atoms with Gasteiger partial charge in [0.15, 0.2) is 0 Å². The number of rotatable bonds is 2. The minimum absolute atomic E-state index is 0.186. The van der Waals surface area contributed by atoms with Crippen LogP contribution < -0.4 is 5.32 Å². The van der Waals surface area contributed by atoms with E-state index in [1.54, 1.807) is 0 Å². The molecule has 0 radical (unpaired) electrons. The number of aliphatic hydroxyl groups excluding tert-OH is 1. The average molecular weight is 219 g/mol. The number of hydrogen-bond acceptors (Lipinski definition) is 2. The summed E-state index contributed by atoms with van der Waals surface area (Å²) in [4.78, 5) is 0. The summed E-state index contributed by atoms with van der Waals surface area (Å²) in [5.41, 5.74) is 3.68. The molecule has 16 heavy (non-hydrogen) atoms. The van der Waals surface area contributed by atoms with E-state index < -0.39 is 0 Å². The molecule has 2 heteroatoms. The lowest BCUT2D eigenvalue weighted by Crippen LogP contribution is -2.36. The SMILES string of the molecule is Cc1cc(C)cc(N[C@@H]2CCCC[C@H]2O)c1. The van der Waals surface area contributed by atoms with Crippen LogP contribution in [0, 0.1) is 13.8 Å². The number of aryl methyl sites for hydroxylation is 2. The fraction of sp³-hybridized carbons (Fsp3) is 0.571. The van der Waals surface area contributed by atoms with Gasteiger partial charge in [0, 0.05) is 5.69 Å². The number of benzene rings is 1. The van der Waals surface area contributed by atoms with Crippen LogP contribution in [0.5, 0.6) is 0 Å². The monoisotopic (exact) mass is 219 g/mol. The lowest BCUT2D eigenvalue weighted by atomic mass is 9.92. The summed E-state index contributed by atoms with van der Waals surface area (Å²) < 4.78 is 0. The van der Waals surface area contributed by atoms with Gasteiger partial charge in [-0.2, -0.15) is 0 Å². The molecule has 1 aliphatic carbocycles. The van der Waals surface area contributed by atoms with Crippen LogP contribution in [0.2, 0.25) is 0 Å². The average Bonchev–Trinajstić information content (AvgIpc) is 2.20. The molecular weight excluding hydrogens is 198 g/mol. The fourth-order valence-electron chi connectivity index (χ4n) is 2.55. The quantitative estimate of drug-likeness (QED) is 0.801. The highest BCUT2D eigenvalue weighted by Crippen LogP contribution is 2.23. The van der Waals surface area contributed by atoms with E-state index in [4.69, 9.17) is 0 Å². The Labute approximate surface area is 97.7 Å². The van der Waals surface area contributed by atoms with Crippen molar-refractivity contribution in [2.45, 2.75) is 51.7 Å². The van der Waals surface area contributed by atoms with Crippen LogP contribution in [0.1, 0.15) is 36.8 Å². The maximum absolute atomic E-state index is 9.91. The Kier molecular flexibility index (Phi) is 3.49. The first-order valence-corrected chi connectivity index (χ1v) is 6.18. The molecule has 2 atom stereocenters. The zero-order valence-electron chi connectivity index (χ0n) is 10.2. The minimum Gasteiger partial charge on any atom is -0.391 e. The summed E-state index contributed by atoms with van der Waals surface area (Å²) in [6.07, 6.45) is 4.21. The summed E-state index contributed by atoms with van der Waals surface area (Å²) in [5.74, 6) is 0. The Hall–Kier alpha value is -1.02. The number of nitrogens with one attached hydrogen (secondary N) is 1. The van der Waals surface area contributed by atoms with Gasteiger partial charge in [-0.1, -0.05) is 18.9 Å². The molecule has 0 aliphatic heterocycles. The second kappa shape index (κ2) is 4.88. The Balaban J connectivity index is 2.07. The van der Waals surface area contributed by atoms with Crippen molar-refractivity contribution < 1.29 is 5.11 Å². The molecule has 0 unspecified atom stereocenters. The van der Waals surface area contributed by atoms with Gasteiger partial charge in [0.25, 0.3) is 0 Å². The van der Waals surface area contributed by atoms with Crippen molar-refractivity contribution in [3.8, 4) is 0 Å². The van der Waals surface area contributed by atoms with Crippen LogP contribution in [0.15, 0.2) is 18.2 Å². The highest BCUT2D eigenvalue weighted by atomic mass is 16.3. The molecule has 2 N–H and O–H groups in total. The maximum atomic E-state index is 9.91. The van der Waals surface area contributed by atoms with Crippen LogP contribution in [-0.4, -0.2) is 17.3 Å². The number of anilines is 1. The molecule has 0 aromatic heterocycles. The third-order valence-corrected chi connectivity index (χ3v) is 3.30. The Morgan fingerprint density at radius 3 is 2.31 bits per heavy atom. The first-order chi connectivity index (χ1) is 7.65. The molecule has 1 aromatic carbocycles. The van der Waals surface area contributed by atoms with E-state index in [9.17, 15) is 5.11 Å². The molecule has 0 spiro atoms. The van der Waals surface area contributed by atoms with Crippen LogP contribution >= 0.6 is 0 Å². The summed E-state index contributed by atoms with van der Waals surface area (Å²) in [7, 11) is 0. The Bertz CT molecular complexity index is 342. The minimum atomic E-state index is -0.186. The zero-order chi connectivity index (χ0) is 11.5. The molecular formula is C14H21NO. The molecule has 2 rings (SSSR count). The molecule has 88 valence electrons. The van der Waals surface area contributed by atoms with E-state index in [1.807, 2.05) is 0 Å². The van der Waals surface area contributed by atoms with Crippen molar-refractivity contribution in [2.75, 3.05) is 5.32 Å². The molecule has 0 amide bonds. The van der Waals surface area contributed by atoms with Gasteiger partial charge < -0.3 is 10.4 Å². The van der Waals surface area contributed by atoms with Gasteiger partial charge >= 0.3 is 0 Å². The lowest BCUT2D eigenvalue weighted by molar-refractivity contribution is 0.116. The first-order valence-electron chi connectivity index (χ1n) is 6.18. The van der Waals surface area contributed by atoms with E-state index in [1.165, 1.54) is 17.5 Å². The predicted molar refractivity (Wildman–Crippen MR) is 67.8 cm³/mol. The van der Waals surface area contributed by atoms with Crippen molar-refractivity contribution in [3.63, 3.8) is 0 Å². The van der Waals surface area contributed by atoms with Crippen molar-refractivity contribution in [2.24, 2.45) is 0 Å². The van der Waals surface area contributed by atoms with Gasteiger partial charge in [-0.25, -0.2) is 0 Å². The van der Waals surface area contributed by atoms with Gasteiger partial charge in [0.05, 0.1) is 12.1 Å². The van der Waals surface area contributed by atoms with Crippen molar-refractivity contribution in [1.29, 1.82) is 0 Å². The molecule has 0 saturated heterocycles. The highest BCUT2D eigenvalue weighted by molar-refractivity contribution is 5.49. The Morgan fingerprint density at radius 2 is 1.69 bits per heavy atom. The molecule has 1 fully saturated rings. The fourth-order valence-corrected chi connectivity index (χ4v) is 2.55. The van der Waals surface area contributed by atoms with Crippen LogP contribution in [0.4, 0.5) is 5.69 Å². The second-order valence-corrected chi connectivity index (χ2v) is 4.98.